The lowest BCUT2D eigenvalue weighted by molar-refractivity contribution is -0.142. The van der Waals surface area contributed by atoms with E-state index in [0.717, 1.165) is 25.9 Å². The number of rotatable bonds is 6. The van der Waals surface area contributed by atoms with Crippen molar-refractivity contribution in [2.75, 3.05) is 29.9 Å². The van der Waals surface area contributed by atoms with E-state index >= 15 is 0 Å². The molecule has 0 unspecified atom stereocenters. The third-order valence-electron chi connectivity index (χ3n) is 4.11. The Bertz CT molecular complexity index is 744. The molecule has 0 saturated carbocycles. The van der Waals surface area contributed by atoms with Crippen molar-refractivity contribution in [1.29, 1.82) is 0 Å². The Balaban J connectivity index is 1.49. The number of amides is 1. The van der Waals surface area contributed by atoms with Crippen LogP contribution in [-0.4, -0.2) is 46.5 Å². The highest BCUT2D eigenvalue weighted by Gasteiger charge is 2.26. The van der Waals surface area contributed by atoms with E-state index in [1.54, 1.807) is 30.8 Å². The number of carbonyl (C=O) groups excluding carboxylic acids is 2. The average Bonchev–Trinajstić information content (AvgIpc) is 3.09. The van der Waals surface area contributed by atoms with Crippen LogP contribution < -0.4 is 10.2 Å². The fourth-order valence-corrected chi connectivity index (χ4v) is 3.52. The zero-order valence-electron chi connectivity index (χ0n) is 14.6. The van der Waals surface area contributed by atoms with Gasteiger partial charge in [0.2, 0.25) is 11.9 Å². The number of hydrogen-bond donors (Lipinski definition) is 1. The smallest absolute Gasteiger partial charge is 0.311 e. The van der Waals surface area contributed by atoms with E-state index in [2.05, 4.69) is 25.2 Å². The van der Waals surface area contributed by atoms with Gasteiger partial charge in [-0.2, -0.15) is 0 Å². The molecule has 0 bridgehead atoms. The minimum atomic E-state index is -0.314. The van der Waals surface area contributed by atoms with Gasteiger partial charge in [-0.25, -0.2) is 15.0 Å². The molecule has 0 spiro atoms. The molecule has 1 saturated heterocycles. The molecule has 8 nitrogen and oxygen atoms in total. The number of aromatic nitrogens is 3. The predicted molar refractivity (Wildman–Crippen MR) is 98.0 cm³/mol. The minimum Gasteiger partial charge on any atom is -0.466 e. The molecule has 2 aromatic heterocycles. The lowest BCUT2D eigenvalue weighted by Gasteiger charge is -2.30. The molecule has 1 aliphatic heterocycles. The molecule has 26 heavy (non-hydrogen) atoms. The maximum absolute atomic E-state index is 12.5. The fourth-order valence-electron chi connectivity index (χ4n) is 2.81. The Morgan fingerprint density at radius 1 is 1.31 bits per heavy atom. The van der Waals surface area contributed by atoms with Gasteiger partial charge < -0.3 is 15.0 Å². The second-order valence-electron chi connectivity index (χ2n) is 5.93. The molecular formula is C17H21N5O3S. The Hall–Kier alpha value is -2.55. The molecule has 2 aromatic rings. The average molecular weight is 375 g/mol. The summed E-state index contributed by atoms with van der Waals surface area (Å²) in [6, 6.07) is 1.79. The van der Waals surface area contributed by atoms with E-state index in [1.165, 1.54) is 11.3 Å². The summed E-state index contributed by atoms with van der Waals surface area (Å²) in [6.07, 6.45) is 5.04. The van der Waals surface area contributed by atoms with Gasteiger partial charge in [0.25, 0.3) is 0 Å². The van der Waals surface area contributed by atoms with Gasteiger partial charge in [0.15, 0.2) is 5.13 Å². The summed E-state index contributed by atoms with van der Waals surface area (Å²) in [4.78, 5) is 38.8. The number of nitrogens with one attached hydrogen (secondary N) is 1. The molecule has 0 radical (unpaired) electrons. The van der Waals surface area contributed by atoms with Crippen molar-refractivity contribution in [3.8, 4) is 0 Å². The molecule has 0 aliphatic carbocycles. The van der Waals surface area contributed by atoms with Crippen LogP contribution in [0.4, 0.5) is 11.1 Å². The summed E-state index contributed by atoms with van der Waals surface area (Å²) in [7, 11) is 0. The van der Waals surface area contributed by atoms with Gasteiger partial charge in [0, 0.05) is 36.8 Å². The van der Waals surface area contributed by atoms with Crippen LogP contribution >= 0.6 is 11.3 Å². The fraction of sp³-hybridized carbons (Fsp3) is 0.471. The highest BCUT2D eigenvalue weighted by Crippen LogP contribution is 2.23. The lowest BCUT2D eigenvalue weighted by Crippen LogP contribution is -2.39. The Morgan fingerprint density at radius 2 is 2.04 bits per heavy atom. The van der Waals surface area contributed by atoms with Crippen LogP contribution in [0.25, 0.3) is 0 Å². The number of ether oxygens (including phenoxy) is 1. The van der Waals surface area contributed by atoms with Crippen LogP contribution in [0.5, 0.6) is 0 Å². The van der Waals surface area contributed by atoms with E-state index in [-0.39, 0.29) is 24.2 Å². The predicted octanol–water partition coefficient (Wildman–Crippen LogP) is 1.89. The first-order valence-corrected chi connectivity index (χ1v) is 9.46. The first-order valence-electron chi connectivity index (χ1n) is 8.58. The van der Waals surface area contributed by atoms with Crippen LogP contribution in [-0.2, 0) is 20.7 Å². The standard InChI is InChI=1S/C17H21N5O3S/c1-2-25-14(23)10-13-11-26-17(20-13)21-15(24)12-4-8-22(9-5-12)16-18-6-3-7-19-16/h3,6-7,11-12H,2,4-5,8-10H2,1H3,(H,20,21,24). The molecule has 3 heterocycles. The summed E-state index contributed by atoms with van der Waals surface area (Å²) in [5.74, 6) is 0.295. The van der Waals surface area contributed by atoms with Crippen LogP contribution in [0, 0.1) is 5.92 Å². The van der Waals surface area contributed by atoms with E-state index in [1.807, 2.05) is 0 Å². The van der Waals surface area contributed by atoms with Crippen molar-refractivity contribution in [2.24, 2.45) is 5.92 Å². The number of esters is 1. The maximum atomic E-state index is 12.5. The Labute approximate surface area is 155 Å². The van der Waals surface area contributed by atoms with Gasteiger partial charge in [0.05, 0.1) is 18.7 Å². The van der Waals surface area contributed by atoms with Gasteiger partial charge in [-0.1, -0.05) is 0 Å². The first kappa shape index (κ1) is 18.2. The number of thiazole rings is 1. The summed E-state index contributed by atoms with van der Waals surface area (Å²) >= 11 is 1.32. The second kappa shape index (κ2) is 8.70. The van der Waals surface area contributed by atoms with Crippen LogP contribution in [0.1, 0.15) is 25.5 Å². The minimum absolute atomic E-state index is 0.0318. The highest BCUT2D eigenvalue weighted by molar-refractivity contribution is 7.13. The Morgan fingerprint density at radius 3 is 2.73 bits per heavy atom. The molecule has 1 aliphatic rings. The summed E-state index contributed by atoms with van der Waals surface area (Å²) in [6.45, 7) is 3.60. The number of anilines is 2. The van der Waals surface area contributed by atoms with Gasteiger partial charge in [0.1, 0.15) is 0 Å². The van der Waals surface area contributed by atoms with Crippen molar-refractivity contribution in [2.45, 2.75) is 26.2 Å². The second-order valence-corrected chi connectivity index (χ2v) is 6.78. The molecular weight excluding hydrogens is 354 g/mol. The zero-order valence-corrected chi connectivity index (χ0v) is 15.4. The van der Waals surface area contributed by atoms with Gasteiger partial charge >= 0.3 is 5.97 Å². The lowest BCUT2D eigenvalue weighted by atomic mass is 9.96. The molecule has 1 N–H and O–H groups in total. The highest BCUT2D eigenvalue weighted by atomic mass is 32.1. The monoisotopic (exact) mass is 375 g/mol. The summed E-state index contributed by atoms with van der Waals surface area (Å²) in [5, 5.41) is 5.14. The van der Waals surface area contributed by atoms with Gasteiger partial charge in [-0.15, -0.1) is 11.3 Å². The van der Waals surface area contributed by atoms with Crippen LogP contribution in [0.15, 0.2) is 23.8 Å². The van der Waals surface area contributed by atoms with E-state index < -0.39 is 0 Å². The van der Waals surface area contributed by atoms with E-state index in [0.29, 0.717) is 23.4 Å². The molecule has 138 valence electrons. The quantitative estimate of drug-likeness (QED) is 0.770. The number of carbonyl (C=O) groups is 2. The molecule has 1 amide bonds. The van der Waals surface area contributed by atoms with Crippen LogP contribution in [0.2, 0.25) is 0 Å². The van der Waals surface area contributed by atoms with Gasteiger partial charge in [-0.05, 0) is 25.8 Å². The van der Waals surface area contributed by atoms with Crippen molar-refractivity contribution >= 4 is 34.3 Å². The van der Waals surface area contributed by atoms with Crippen molar-refractivity contribution < 1.29 is 14.3 Å². The van der Waals surface area contributed by atoms with Crippen molar-refractivity contribution in [1.82, 2.24) is 15.0 Å². The number of hydrogen-bond acceptors (Lipinski definition) is 8. The van der Waals surface area contributed by atoms with Crippen molar-refractivity contribution in [3.63, 3.8) is 0 Å². The first-order chi connectivity index (χ1) is 12.7. The van der Waals surface area contributed by atoms with Gasteiger partial charge in [-0.3, -0.25) is 9.59 Å². The molecule has 9 heteroatoms. The number of piperidine rings is 1. The molecule has 0 atom stereocenters. The molecule has 0 aromatic carbocycles. The number of nitrogens with zero attached hydrogens (tertiary/aromatic N) is 4. The third-order valence-corrected chi connectivity index (χ3v) is 4.92. The zero-order chi connectivity index (χ0) is 18.4. The van der Waals surface area contributed by atoms with Crippen LogP contribution in [0.3, 0.4) is 0 Å². The Kier molecular flexibility index (Phi) is 6.11. The van der Waals surface area contributed by atoms with Crippen molar-refractivity contribution in [3.05, 3.63) is 29.5 Å². The van der Waals surface area contributed by atoms with E-state index in [9.17, 15) is 9.59 Å². The maximum Gasteiger partial charge on any atom is 0.311 e. The largest absolute Gasteiger partial charge is 0.466 e. The SMILES string of the molecule is CCOC(=O)Cc1csc(NC(=O)C2CCN(c3ncccn3)CC2)n1. The van der Waals surface area contributed by atoms with E-state index in [4.69, 9.17) is 4.74 Å². The molecule has 1 fully saturated rings. The summed E-state index contributed by atoms with van der Waals surface area (Å²) < 4.78 is 4.90. The molecule has 3 rings (SSSR count). The topological polar surface area (TPSA) is 97.3 Å². The summed E-state index contributed by atoms with van der Waals surface area (Å²) in [5.41, 5.74) is 0.611. The normalized spacial score (nSPS) is 14.9. The third kappa shape index (κ3) is 4.75.